The van der Waals surface area contributed by atoms with Crippen LogP contribution >= 0.6 is 0 Å². The zero-order valence-electron chi connectivity index (χ0n) is 21.1. The molecule has 0 saturated carbocycles. The maximum Gasteiger partial charge on any atom is 0.349 e. The van der Waals surface area contributed by atoms with Gasteiger partial charge in [-0.2, -0.15) is 0 Å². The summed E-state index contributed by atoms with van der Waals surface area (Å²) in [6, 6.07) is 15.5. The zero-order valence-corrected chi connectivity index (χ0v) is 21.1. The third-order valence-electron chi connectivity index (χ3n) is 5.40. The van der Waals surface area contributed by atoms with E-state index in [1.807, 2.05) is 0 Å². The molecule has 0 aromatic heterocycles. The van der Waals surface area contributed by atoms with Crippen molar-refractivity contribution in [2.75, 3.05) is 12.4 Å². The van der Waals surface area contributed by atoms with E-state index in [2.05, 4.69) is 5.32 Å². The zero-order chi connectivity index (χ0) is 28.7. The van der Waals surface area contributed by atoms with Crippen LogP contribution in [0.2, 0.25) is 0 Å². The first-order valence-electron chi connectivity index (χ1n) is 11.4. The highest BCUT2D eigenvalue weighted by molar-refractivity contribution is 6.02. The van der Waals surface area contributed by atoms with Gasteiger partial charge in [-0.1, -0.05) is 35.4 Å². The number of amides is 1. The van der Waals surface area contributed by atoms with Crippen molar-refractivity contribution < 1.29 is 43.4 Å². The molecular formula is C27H24N2O10. The van der Waals surface area contributed by atoms with Crippen LogP contribution < -0.4 is 10.1 Å². The smallest absolute Gasteiger partial charge is 0.349 e. The number of carboxylic acids is 1. The summed E-state index contributed by atoms with van der Waals surface area (Å²) >= 11 is 0. The number of hydrogen-bond acceptors (Lipinski definition) is 9. The van der Waals surface area contributed by atoms with E-state index in [0.717, 1.165) is 12.1 Å². The third-order valence-corrected chi connectivity index (χ3v) is 5.40. The minimum absolute atomic E-state index is 0.00124. The highest BCUT2D eigenvalue weighted by Crippen LogP contribution is 2.29. The van der Waals surface area contributed by atoms with Gasteiger partial charge >= 0.3 is 17.9 Å². The summed E-state index contributed by atoms with van der Waals surface area (Å²) in [5, 5.41) is 23.4. The molecule has 12 heteroatoms. The fourth-order valence-electron chi connectivity index (χ4n) is 3.52. The Balaban J connectivity index is 2.00. The molecule has 3 aromatic carbocycles. The third kappa shape index (κ3) is 7.16. The van der Waals surface area contributed by atoms with Gasteiger partial charge in [0, 0.05) is 12.1 Å². The molecule has 3 rings (SSSR count). The molecule has 0 fully saturated rings. The molecule has 2 N–H and O–H groups in total. The van der Waals surface area contributed by atoms with E-state index in [1.165, 1.54) is 37.4 Å². The van der Waals surface area contributed by atoms with Crippen LogP contribution in [0, 0.1) is 24.0 Å². The SMILES string of the molecule is COc1ccc([N+](=O)[O-])cc1NC(=O)[C@@H](OC(=O)c1cccc(C)c1)[C@H](OC(=O)c1cccc(C)c1)C(=O)O. The highest BCUT2D eigenvalue weighted by Gasteiger charge is 2.41. The van der Waals surface area contributed by atoms with Crippen molar-refractivity contribution in [2.24, 2.45) is 0 Å². The van der Waals surface area contributed by atoms with Crippen LogP contribution in [0.15, 0.2) is 66.7 Å². The molecule has 39 heavy (non-hydrogen) atoms. The lowest BCUT2D eigenvalue weighted by Gasteiger charge is -2.24. The van der Waals surface area contributed by atoms with Crippen molar-refractivity contribution in [3.05, 3.63) is 99.1 Å². The molecule has 0 bridgehead atoms. The van der Waals surface area contributed by atoms with Gasteiger partial charge in [0.15, 0.2) is 0 Å². The van der Waals surface area contributed by atoms with Crippen LogP contribution in [0.25, 0.3) is 0 Å². The minimum Gasteiger partial charge on any atom is -0.495 e. The summed E-state index contributed by atoms with van der Waals surface area (Å²) in [7, 11) is 1.25. The highest BCUT2D eigenvalue weighted by atomic mass is 16.6. The molecule has 0 unspecified atom stereocenters. The van der Waals surface area contributed by atoms with Gasteiger partial charge in [-0.05, 0) is 44.2 Å². The Labute approximate surface area is 222 Å². The molecule has 0 aliphatic carbocycles. The van der Waals surface area contributed by atoms with E-state index in [1.54, 1.807) is 38.1 Å². The van der Waals surface area contributed by atoms with Gasteiger partial charge in [0.2, 0.25) is 12.2 Å². The van der Waals surface area contributed by atoms with Crippen molar-refractivity contribution in [3.8, 4) is 5.75 Å². The van der Waals surface area contributed by atoms with Crippen molar-refractivity contribution in [3.63, 3.8) is 0 Å². The lowest BCUT2D eigenvalue weighted by Crippen LogP contribution is -2.48. The first-order valence-corrected chi connectivity index (χ1v) is 11.4. The quantitative estimate of drug-likeness (QED) is 0.221. The Morgan fingerprint density at radius 2 is 1.38 bits per heavy atom. The number of methoxy groups -OCH3 is 1. The number of hydrogen-bond donors (Lipinski definition) is 2. The summed E-state index contributed by atoms with van der Waals surface area (Å²) in [6.45, 7) is 3.41. The first-order chi connectivity index (χ1) is 18.5. The van der Waals surface area contributed by atoms with Crippen LogP contribution in [-0.4, -0.2) is 53.2 Å². The predicted octanol–water partition coefficient (Wildman–Crippen LogP) is 3.69. The van der Waals surface area contributed by atoms with Gasteiger partial charge in [-0.3, -0.25) is 14.9 Å². The number of benzene rings is 3. The van der Waals surface area contributed by atoms with Crippen molar-refractivity contribution >= 4 is 35.2 Å². The average molecular weight is 536 g/mol. The Kier molecular flexibility index (Phi) is 8.94. The van der Waals surface area contributed by atoms with Gasteiger partial charge in [-0.25, -0.2) is 14.4 Å². The number of aliphatic carboxylic acids is 1. The van der Waals surface area contributed by atoms with Gasteiger partial charge in [0.1, 0.15) is 5.75 Å². The summed E-state index contributed by atoms with van der Waals surface area (Å²) < 4.78 is 15.5. The van der Waals surface area contributed by atoms with Gasteiger partial charge in [0.05, 0.1) is 28.8 Å². The molecule has 1 amide bonds. The number of nitrogens with one attached hydrogen (secondary N) is 1. The summed E-state index contributed by atoms with van der Waals surface area (Å²) in [5.74, 6) is -5.16. The van der Waals surface area contributed by atoms with Crippen molar-refractivity contribution in [1.82, 2.24) is 0 Å². The molecule has 0 aliphatic heterocycles. The number of carboxylic acid groups (broad SMARTS) is 1. The van der Waals surface area contributed by atoms with Gasteiger partial charge < -0.3 is 24.6 Å². The van der Waals surface area contributed by atoms with E-state index in [9.17, 15) is 34.4 Å². The summed E-state index contributed by atoms with van der Waals surface area (Å²) in [5.41, 5.74) is 0.782. The molecule has 0 spiro atoms. The second kappa shape index (κ2) is 12.3. The minimum atomic E-state index is -2.28. The van der Waals surface area contributed by atoms with E-state index >= 15 is 0 Å². The average Bonchev–Trinajstić information content (AvgIpc) is 2.90. The summed E-state index contributed by atoms with van der Waals surface area (Å²) in [4.78, 5) is 61.7. The fourth-order valence-corrected chi connectivity index (χ4v) is 3.52. The van der Waals surface area contributed by atoms with Gasteiger partial charge in [0.25, 0.3) is 11.6 Å². The Morgan fingerprint density at radius 3 is 1.85 bits per heavy atom. The van der Waals surface area contributed by atoms with Crippen LogP contribution in [0.1, 0.15) is 31.8 Å². The number of carbonyl (C=O) groups excluding carboxylic acids is 3. The van der Waals surface area contributed by atoms with Crippen LogP contribution in [0.5, 0.6) is 5.75 Å². The standard InChI is InChI=1S/C27H24N2O10/c1-15-6-4-8-17(12-15)26(33)38-22(23(25(31)32)39-27(34)18-9-5-7-16(2)13-18)24(30)28-20-14-19(29(35)36)10-11-21(20)37-3/h4-14,22-23H,1-3H3,(H,28,30)(H,31,32)/t22-,23-/m0/s1. The number of carbonyl (C=O) groups is 4. The molecule has 0 heterocycles. The molecule has 12 nitrogen and oxygen atoms in total. The fraction of sp³-hybridized carbons (Fsp3) is 0.185. The molecule has 3 aromatic rings. The number of nitrogens with zero attached hydrogens (tertiary/aromatic N) is 1. The second-order valence-electron chi connectivity index (χ2n) is 8.36. The van der Waals surface area contributed by atoms with E-state index in [4.69, 9.17) is 14.2 Å². The number of anilines is 1. The van der Waals surface area contributed by atoms with Crippen LogP contribution in [-0.2, 0) is 19.1 Å². The number of ether oxygens (including phenoxy) is 3. The number of rotatable bonds is 10. The van der Waals surface area contributed by atoms with E-state index in [-0.39, 0.29) is 22.6 Å². The summed E-state index contributed by atoms with van der Waals surface area (Å²) in [6.07, 6.45) is -4.48. The lowest BCUT2D eigenvalue weighted by atomic mass is 10.1. The van der Waals surface area contributed by atoms with Crippen LogP contribution in [0.4, 0.5) is 11.4 Å². The number of nitro benzene ring substituents is 1. The number of esters is 2. The van der Waals surface area contributed by atoms with Crippen LogP contribution in [0.3, 0.4) is 0 Å². The largest absolute Gasteiger partial charge is 0.495 e. The molecule has 2 atom stereocenters. The number of non-ortho nitro benzene ring substituents is 1. The molecule has 0 aliphatic rings. The number of aryl methyl sites for hydroxylation is 2. The van der Waals surface area contributed by atoms with E-state index < -0.39 is 46.6 Å². The van der Waals surface area contributed by atoms with Gasteiger partial charge in [-0.15, -0.1) is 0 Å². The Hall–Kier alpha value is -5.26. The monoisotopic (exact) mass is 536 g/mol. The first kappa shape index (κ1) is 28.3. The Morgan fingerprint density at radius 1 is 0.846 bits per heavy atom. The maximum atomic E-state index is 13.3. The molecule has 0 radical (unpaired) electrons. The topological polar surface area (TPSA) is 171 Å². The number of nitro groups is 1. The van der Waals surface area contributed by atoms with Crippen molar-refractivity contribution in [2.45, 2.75) is 26.1 Å². The predicted molar refractivity (Wildman–Crippen MR) is 137 cm³/mol. The lowest BCUT2D eigenvalue weighted by molar-refractivity contribution is -0.384. The molecule has 202 valence electrons. The molecule has 0 saturated heterocycles. The second-order valence-corrected chi connectivity index (χ2v) is 8.36. The molecular weight excluding hydrogens is 512 g/mol. The van der Waals surface area contributed by atoms with Crippen molar-refractivity contribution in [1.29, 1.82) is 0 Å². The normalized spacial score (nSPS) is 12.0. The van der Waals surface area contributed by atoms with E-state index in [0.29, 0.717) is 11.1 Å². The Bertz CT molecular complexity index is 1440. The maximum absolute atomic E-state index is 13.3.